The molecule has 0 saturated carbocycles. The summed E-state index contributed by atoms with van der Waals surface area (Å²) in [4.78, 5) is 4.59. The molecule has 0 radical (unpaired) electrons. The number of likely N-dealkylation sites (N-methyl/N-ethyl adjacent to an activating group) is 1. The van der Waals surface area contributed by atoms with Crippen molar-refractivity contribution in [1.82, 2.24) is 9.80 Å². The summed E-state index contributed by atoms with van der Waals surface area (Å²) in [5.41, 5.74) is 0. The monoisotopic (exact) mass is 244 g/mol. The molecule has 0 aromatic rings. The van der Waals surface area contributed by atoms with Crippen molar-refractivity contribution in [2.24, 2.45) is 5.92 Å². The molecular weight excluding hydrogens is 216 g/mol. The van der Waals surface area contributed by atoms with Gasteiger partial charge < -0.3 is 19.6 Å². The normalized spacial score (nSPS) is 23.8. The molecule has 0 aliphatic carbocycles. The first kappa shape index (κ1) is 14.9. The van der Waals surface area contributed by atoms with E-state index in [1.807, 2.05) is 13.8 Å². The van der Waals surface area contributed by atoms with Gasteiger partial charge in [-0.3, -0.25) is 0 Å². The van der Waals surface area contributed by atoms with Crippen LogP contribution in [0.1, 0.15) is 20.3 Å². The predicted octanol–water partition coefficient (Wildman–Crippen LogP) is 0.656. The molecule has 1 saturated heterocycles. The highest BCUT2D eigenvalue weighted by atomic mass is 16.5. The summed E-state index contributed by atoms with van der Waals surface area (Å²) in [5, 5.41) is 9.82. The van der Waals surface area contributed by atoms with Gasteiger partial charge in [0.2, 0.25) is 0 Å². The maximum Gasteiger partial charge on any atom is 0.0900 e. The van der Waals surface area contributed by atoms with Crippen LogP contribution < -0.4 is 0 Å². The first-order chi connectivity index (χ1) is 7.97. The molecule has 102 valence electrons. The van der Waals surface area contributed by atoms with Gasteiger partial charge >= 0.3 is 0 Å². The van der Waals surface area contributed by atoms with Crippen molar-refractivity contribution in [2.75, 3.05) is 46.9 Å². The van der Waals surface area contributed by atoms with Gasteiger partial charge in [0.05, 0.1) is 18.8 Å². The van der Waals surface area contributed by atoms with Crippen molar-refractivity contribution in [3.63, 3.8) is 0 Å². The third-order valence-corrected chi connectivity index (χ3v) is 3.20. The van der Waals surface area contributed by atoms with Crippen LogP contribution in [0.15, 0.2) is 0 Å². The second-order valence-electron chi connectivity index (χ2n) is 5.67. The van der Waals surface area contributed by atoms with Crippen molar-refractivity contribution in [1.29, 1.82) is 0 Å². The van der Waals surface area contributed by atoms with E-state index in [0.29, 0.717) is 13.2 Å². The number of nitrogens with zero attached hydrogens (tertiary/aromatic N) is 2. The summed E-state index contributed by atoms with van der Waals surface area (Å²) in [5.74, 6) is 0.753. The highest BCUT2D eigenvalue weighted by Gasteiger charge is 2.21. The van der Waals surface area contributed by atoms with E-state index >= 15 is 0 Å². The van der Waals surface area contributed by atoms with Crippen LogP contribution in [0.2, 0.25) is 0 Å². The first-order valence-corrected chi connectivity index (χ1v) is 6.64. The third kappa shape index (κ3) is 6.36. The van der Waals surface area contributed by atoms with E-state index in [9.17, 15) is 5.11 Å². The van der Waals surface area contributed by atoms with E-state index < -0.39 is 0 Å². The van der Waals surface area contributed by atoms with Crippen LogP contribution in [0, 0.1) is 5.92 Å². The van der Waals surface area contributed by atoms with Crippen molar-refractivity contribution < 1.29 is 9.84 Å². The molecule has 1 N–H and O–H groups in total. The molecule has 1 aliphatic rings. The molecule has 1 rings (SSSR count). The molecule has 0 bridgehead atoms. The smallest absolute Gasteiger partial charge is 0.0900 e. The average molecular weight is 244 g/mol. The number of ether oxygens (including phenoxy) is 1. The molecule has 4 nitrogen and oxygen atoms in total. The van der Waals surface area contributed by atoms with Gasteiger partial charge in [-0.1, -0.05) is 0 Å². The number of aliphatic hydroxyl groups is 1. The highest BCUT2D eigenvalue weighted by molar-refractivity contribution is 4.76. The van der Waals surface area contributed by atoms with Gasteiger partial charge in [0.25, 0.3) is 0 Å². The molecule has 17 heavy (non-hydrogen) atoms. The number of hydrogen-bond donors (Lipinski definition) is 1. The first-order valence-electron chi connectivity index (χ1n) is 6.64. The number of aliphatic hydroxyl groups excluding tert-OH is 1. The molecule has 0 amide bonds. The summed E-state index contributed by atoms with van der Waals surface area (Å²) in [6.07, 6.45) is 1.10. The van der Waals surface area contributed by atoms with Crippen molar-refractivity contribution >= 4 is 0 Å². The van der Waals surface area contributed by atoms with Crippen LogP contribution in [0.25, 0.3) is 0 Å². The summed E-state index contributed by atoms with van der Waals surface area (Å²) < 4.78 is 5.41. The van der Waals surface area contributed by atoms with Crippen molar-refractivity contribution in [3.05, 3.63) is 0 Å². The Balaban J connectivity index is 2.13. The Morgan fingerprint density at radius 2 is 2.18 bits per heavy atom. The lowest BCUT2D eigenvalue weighted by atomic mass is 10.1. The van der Waals surface area contributed by atoms with Gasteiger partial charge in [0, 0.05) is 19.6 Å². The fraction of sp³-hybridized carbons (Fsp3) is 1.00. The Bertz CT molecular complexity index is 212. The van der Waals surface area contributed by atoms with Crippen LogP contribution in [-0.2, 0) is 4.74 Å². The Kier molecular flexibility index (Phi) is 6.41. The maximum atomic E-state index is 9.82. The van der Waals surface area contributed by atoms with Crippen molar-refractivity contribution in [2.45, 2.75) is 32.5 Å². The highest BCUT2D eigenvalue weighted by Crippen LogP contribution is 2.15. The topological polar surface area (TPSA) is 35.9 Å². The van der Waals surface area contributed by atoms with Gasteiger partial charge in [-0.2, -0.15) is 0 Å². The van der Waals surface area contributed by atoms with Gasteiger partial charge in [-0.05, 0) is 46.8 Å². The summed E-state index contributed by atoms with van der Waals surface area (Å²) in [7, 11) is 4.25. The fourth-order valence-electron chi connectivity index (χ4n) is 2.41. The van der Waals surface area contributed by atoms with E-state index in [-0.39, 0.29) is 12.2 Å². The van der Waals surface area contributed by atoms with Gasteiger partial charge in [0.15, 0.2) is 0 Å². The van der Waals surface area contributed by atoms with E-state index in [2.05, 4.69) is 23.9 Å². The largest absolute Gasteiger partial charge is 0.389 e. The second-order valence-corrected chi connectivity index (χ2v) is 5.67. The van der Waals surface area contributed by atoms with E-state index in [1.54, 1.807) is 0 Å². The summed E-state index contributed by atoms with van der Waals surface area (Å²) in [6.45, 7) is 8.58. The molecule has 0 aromatic carbocycles. The molecule has 1 fully saturated rings. The minimum atomic E-state index is -0.374. The number of likely N-dealkylation sites (tertiary alicyclic amines) is 1. The fourth-order valence-corrected chi connectivity index (χ4v) is 2.41. The maximum absolute atomic E-state index is 9.82. The zero-order valence-corrected chi connectivity index (χ0v) is 11.7. The molecular formula is C13H28N2O2. The van der Waals surface area contributed by atoms with Crippen LogP contribution >= 0.6 is 0 Å². The van der Waals surface area contributed by atoms with E-state index in [4.69, 9.17) is 4.74 Å². The predicted molar refractivity (Wildman–Crippen MR) is 70.2 cm³/mol. The van der Waals surface area contributed by atoms with Gasteiger partial charge in [-0.25, -0.2) is 0 Å². The Morgan fingerprint density at radius 1 is 1.47 bits per heavy atom. The van der Waals surface area contributed by atoms with E-state index in [0.717, 1.165) is 12.5 Å². The zero-order chi connectivity index (χ0) is 12.8. The quantitative estimate of drug-likeness (QED) is 0.713. The van der Waals surface area contributed by atoms with Gasteiger partial charge in [-0.15, -0.1) is 0 Å². The van der Waals surface area contributed by atoms with Crippen LogP contribution in [0.3, 0.4) is 0 Å². The van der Waals surface area contributed by atoms with Crippen LogP contribution in [0.4, 0.5) is 0 Å². The van der Waals surface area contributed by atoms with Crippen LogP contribution in [-0.4, -0.2) is 74.0 Å². The molecule has 2 atom stereocenters. The molecule has 0 spiro atoms. The lowest BCUT2D eigenvalue weighted by Gasteiger charge is -2.24. The zero-order valence-electron chi connectivity index (χ0n) is 11.7. The lowest BCUT2D eigenvalue weighted by Crippen LogP contribution is -2.36. The SMILES string of the molecule is CC(C)OCC(O)CN(C)CC1CCN(C)C1. The Hall–Kier alpha value is -0.160. The minimum absolute atomic E-state index is 0.193. The number of hydrogen-bond acceptors (Lipinski definition) is 4. The second kappa shape index (κ2) is 7.31. The molecule has 1 heterocycles. The lowest BCUT2D eigenvalue weighted by molar-refractivity contribution is -0.00678. The van der Waals surface area contributed by atoms with Gasteiger partial charge in [0.1, 0.15) is 0 Å². The van der Waals surface area contributed by atoms with Crippen LogP contribution in [0.5, 0.6) is 0 Å². The average Bonchev–Trinajstić information content (AvgIpc) is 2.60. The number of rotatable bonds is 7. The Morgan fingerprint density at radius 3 is 2.71 bits per heavy atom. The Labute approximate surface area is 106 Å². The molecule has 0 aromatic heterocycles. The third-order valence-electron chi connectivity index (χ3n) is 3.20. The molecule has 2 unspecified atom stereocenters. The van der Waals surface area contributed by atoms with E-state index in [1.165, 1.54) is 19.5 Å². The summed E-state index contributed by atoms with van der Waals surface area (Å²) in [6, 6.07) is 0. The summed E-state index contributed by atoms with van der Waals surface area (Å²) >= 11 is 0. The minimum Gasteiger partial charge on any atom is -0.389 e. The molecule has 4 heteroatoms. The standard InChI is InChI=1S/C13H28N2O2/c1-11(2)17-10-13(16)9-15(4)8-12-5-6-14(3)7-12/h11-13,16H,5-10H2,1-4H3. The van der Waals surface area contributed by atoms with Crippen molar-refractivity contribution in [3.8, 4) is 0 Å². The molecule has 1 aliphatic heterocycles.